The first-order chi connectivity index (χ1) is 9.02. The minimum Gasteiger partial charge on any atom is -0.338 e. The van der Waals surface area contributed by atoms with Crippen LogP contribution in [0.25, 0.3) is 0 Å². The van der Waals surface area contributed by atoms with Gasteiger partial charge in [0, 0.05) is 24.0 Å². The van der Waals surface area contributed by atoms with Crippen LogP contribution in [0.5, 0.6) is 0 Å². The van der Waals surface area contributed by atoms with Crippen LogP contribution in [0.15, 0.2) is 23.1 Å². The van der Waals surface area contributed by atoms with Gasteiger partial charge >= 0.3 is 0 Å². The summed E-state index contributed by atoms with van der Waals surface area (Å²) in [5.74, 6) is 0.413. The van der Waals surface area contributed by atoms with Gasteiger partial charge in [-0.15, -0.1) is 24.2 Å². The number of amides is 1. The summed E-state index contributed by atoms with van der Waals surface area (Å²) in [6, 6.07) is 5.72. The minimum absolute atomic E-state index is 0. The fourth-order valence-corrected chi connectivity index (χ4v) is 3.00. The van der Waals surface area contributed by atoms with Crippen molar-refractivity contribution in [2.24, 2.45) is 11.7 Å². The van der Waals surface area contributed by atoms with Gasteiger partial charge in [0.2, 0.25) is 0 Å². The maximum atomic E-state index is 12.5. The topological polar surface area (TPSA) is 46.3 Å². The van der Waals surface area contributed by atoms with Gasteiger partial charge in [0.15, 0.2) is 0 Å². The van der Waals surface area contributed by atoms with Crippen LogP contribution in [0.4, 0.5) is 0 Å². The molecule has 0 aromatic heterocycles. The van der Waals surface area contributed by atoms with Gasteiger partial charge in [-0.1, -0.05) is 11.6 Å². The first kappa shape index (κ1) is 17.6. The molecular formula is C14H20Cl2N2OS. The van der Waals surface area contributed by atoms with Crippen molar-refractivity contribution in [2.75, 3.05) is 19.3 Å². The lowest BCUT2D eigenvalue weighted by molar-refractivity contribution is 0.0786. The van der Waals surface area contributed by atoms with Crippen LogP contribution in [-0.4, -0.2) is 36.2 Å². The molecule has 2 N–H and O–H groups in total. The van der Waals surface area contributed by atoms with Gasteiger partial charge < -0.3 is 10.6 Å². The zero-order valence-electron chi connectivity index (χ0n) is 11.6. The Hall–Kier alpha value is -0.420. The third-order valence-electron chi connectivity index (χ3n) is 3.66. The highest BCUT2D eigenvalue weighted by Crippen LogP contribution is 2.27. The highest BCUT2D eigenvalue weighted by Gasteiger charge is 2.29. The Labute approximate surface area is 135 Å². The summed E-state index contributed by atoms with van der Waals surface area (Å²) in [6.07, 6.45) is 2.96. The molecule has 0 spiro atoms. The van der Waals surface area contributed by atoms with E-state index >= 15 is 0 Å². The summed E-state index contributed by atoms with van der Waals surface area (Å²) < 4.78 is 0. The molecule has 1 heterocycles. The molecular weight excluding hydrogens is 315 g/mol. The highest BCUT2D eigenvalue weighted by molar-refractivity contribution is 7.98. The summed E-state index contributed by atoms with van der Waals surface area (Å²) in [6.45, 7) is 3.50. The summed E-state index contributed by atoms with van der Waals surface area (Å²) in [7, 11) is 0. The Morgan fingerprint density at radius 2 is 2.25 bits per heavy atom. The number of carbonyl (C=O) groups excluding carboxylic acids is 1. The number of hydrogen-bond acceptors (Lipinski definition) is 3. The third-order valence-corrected chi connectivity index (χ3v) is 4.71. The molecule has 1 saturated heterocycles. The number of hydrogen-bond donors (Lipinski definition) is 1. The standard InChI is InChI=1S/C14H19ClN2OS.ClH/c1-9(16)10-5-6-17(8-10)14(18)12-7-11(19-2)3-4-13(12)15;/h3-4,7,9-10H,5-6,8,16H2,1-2H3;1H. The van der Waals surface area contributed by atoms with E-state index in [9.17, 15) is 4.79 Å². The first-order valence-corrected chi connectivity index (χ1v) is 8.01. The lowest BCUT2D eigenvalue weighted by Crippen LogP contribution is -2.33. The monoisotopic (exact) mass is 334 g/mol. The second kappa shape index (κ2) is 7.55. The van der Waals surface area contributed by atoms with Crippen LogP contribution in [-0.2, 0) is 0 Å². The fourth-order valence-electron chi connectivity index (χ4n) is 2.37. The molecule has 1 amide bonds. The Balaban J connectivity index is 0.00000200. The van der Waals surface area contributed by atoms with Crippen molar-refractivity contribution in [3.63, 3.8) is 0 Å². The van der Waals surface area contributed by atoms with Gasteiger partial charge in [-0.25, -0.2) is 0 Å². The normalized spacial score (nSPS) is 19.6. The molecule has 6 heteroatoms. The Morgan fingerprint density at radius 1 is 1.55 bits per heavy atom. The second-order valence-electron chi connectivity index (χ2n) is 5.00. The van der Waals surface area contributed by atoms with Crippen molar-refractivity contribution in [1.82, 2.24) is 4.90 Å². The number of carbonyl (C=O) groups is 1. The van der Waals surface area contributed by atoms with E-state index in [1.165, 1.54) is 0 Å². The lowest BCUT2D eigenvalue weighted by Gasteiger charge is -2.19. The molecule has 2 unspecified atom stereocenters. The molecule has 1 aromatic rings. The second-order valence-corrected chi connectivity index (χ2v) is 6.29. The molecule has 0 saturated carbocycles. The summed E-state index contributed by atoms with van der Waals surface area (Å²) in [5, 5.41) is 0.520. The molecule has 2 atom stereocenters. The fraction of sp³-hybridized carbons (Fsp3) is 0.500. The van der Waals surface area contributed by atoms with Crippen LogP contribution in [0.1, 0.15) is 23.7 Å². The van der Waals surface area contributed by atoms with Crippen LogP contribution in [0.3, 0.4) is 0 Å². The first-order valence-electron chi connectivity index (χ1n) is 6.41. The number of nitrogens with zero attached hydrogens (tertiary/aromatic N) is 1. The van der Waals surface area contributed by atoms with E-state index in [0.717, 1.165) is 24.4 Å². The molecule has 0 bridgehead atoms. The van der Waals surface area contributed by atoms with E-state index in [0.29, 0.717) is 16.5 Å². The van der Waals surface area contributed by atoms with E-state index < -0.39 is 0 Å². The molecule has 20 heavy (non-hydrogen) atoms. The number of thioether (sulfide) groups is 1. The van der Waals surface area contributed by atoms with Crippen molar-refractivity contribution < 1.29 is 4.79 Å². The number of nitrogens with two attached hydrogens (primary N) is 1. The molecule has 3 nitrogen and oxygen atoms in total. The maximum Gasteiger partial charge on any atom is 0.255 e. The van der Waals surface area contributed by atoms with E-state index in [-0.39, 0.29) is 24.4 Å². The summed E-state index contributed by atoms with van der Waals surface area (Å²) >= 11 is 7.75. The van der Waals surface area contributed by atoms with Crippen molar-refractivity contribution in [3.8, 4) is 0 Å². The quantitative estimate of drug-likeness (QED) is 0.862. The number of benzene rings is 1. The Bertz CT molecular complexity index is 482. The molecule has 1 fully saturated rings. The van der Waals surface area contributed by atoms with Gasteiger partial charge in [-0.2, -0.15) is 0 Å². The zero-order chi connectivity index (χ0) is 14.0. The van der Waals surface area contributed by atoms with Crippen LogP contribution in [0, 0.1) is 5.92 Å². The smallest absolute Gasteiger partial charge is 0.255 e. The summed E-state index contributed by atoms with van der Waals surface area (Å²) in [4.78, 5) is 15.4. The highest BCUT2D eigenvalue weighted by atomic mass is 35.5. The average molecular weight is 335 g/mol. The van der Waals surface area contributed by atoms with E-state index in [1.807, 2.05) is 30.2 Å². The van der Waals surface area contributed by atoms with E-state index in [2.05, 4.69) is 0 Å². The Kier molecular flexibility index (Phi) is 6.65. The van der Waals surface area contributed by atoms with E-state index in [4.69, 9.17) is 17.3 Å². The van der Waals surface area contributed by atoms with E-state index in [1.54, 1.807) is 17.8 Å². The molecule has 112 valence electrons. The average Bonchev–Trinajstić information content (AvgIpc) is 2.88. The van der Waals surface area contributed by atoms with Gasteiger partial charge in [-0.05, 0) is 43.7 Å². The summed E-state index contributed by atoms with van der Waals surface area (Å²) in [5.41, 5.74) is 6.50. The third kappa shape index (κ3) is 3.82. The number of halogens is 2. The largest absolute Gasteiger partial charge is 0.338 e. The Morgan fingerprint density at radius 3 is 2.80 bits per heavy atom. The zero-order valence-corrected chi connectivity index (χ0v) is 14.0. The molecule has 1 aromatic carbocycles. The SMILES string of the molecule is CSc1ccc(Cl)c(C(=O)N2CCC(C(C)N)C2)c1.Cl. The molecule has 1 aliphatic rings. The van der Waals surface area contributed by atoms with Gasteiger partial charge in [0.1, 0.15) is 0 Å². The van der Waals surface area contributed by atoms with Gasteiger partial charge in [0.05, 0.1) is 10.6 Å². The van der Waals surface area contributed by atoms with Crippen molar-refractivity contribution >= 4 is 41.7 Å². The van der Waals surface area contributed by atoms with Crippen molar-refractivity contribution in [2.45, 2.75) is 24.3 Å². The maximum absolute atomic E-state index is 12.5. The molecule has 1 aliphatic heterocycles. The predicted octanol–water partition coefficient (Wildman–Crippen LogP) is 3.29. The minimum atomic E-state index is 0. The molecule has 2 rings (SSSR count). The number of rotatable bonds is 3. The number of likely N-dealkylation sites (tertiary alicyclic amines) is 1. The lowest BCUT2D eigenvalue weighted by atomic mass is 10.0. The van der Waals surface area contributed by atoms with Crippen LogP contribution < -0.4 is 5.73 Å². The van der Waals surface area contributed by atoms with Crippen molar-refractivity contribution in [1.29, 1.82) is 0 Å². The van der Waals surface area contributed by atoms with Gasteiger partial charge in [0.25, 0.3) is 5.91 Å². The molecule has 0 aliphatic carbocycles. The van der Waals surface area contributed by atoms with Crippen LogP contribution >= 0.6 is 35.8 Å². The molecule has 0 radical (unpaired) electrons. The van der Waals surface area contributed by atoms with Gasteiger partial charge in [-0.3, -0.25) is 4.79 Å². The van der Waals surface area contributed by atoms with Crippen LogP contribution in [0.2, 0.25) is 5.02 Å². The predicted molar refractivity (Wildman–Crippen MR) is 88.1 cm³/mol. The van der Waals surface area contributed by atoms with Crippen molar-refractivity contribution in [3.05, 3.63) is 28.8 Å².